The van der Waals surface area contributed by atoms with Gasteiger partial charge in [-0.15, -0.1) is 0 Å². The fourth-order valence-corrected chi connectivity index (χ4v) is 1.61. The molecule has 0 saturated heterocycles. The summed E-state index contributed by atoms with van der Waals surface area (Å²) in [6.07, 6.45) is 6.43. The summed E-state index contributed by atoms with van der Waals surface area (Å²) in [4.78, 5) is 19.1. The van der Waals surface area contributed by atoms with Crippen molar-refractivity contribution in [3.63, 3.8) is 0 Å². The van der Waals surface area contributed by atoms with Crippen LogP contribution < -0.4 is 5.32 Å². The fraction of sp³-hybridized carbons (Fsp3) is 0.250. The molecule has 1 N–H and O–H groups in total. The lowest BCUT2D eigenvalue weighted by atomic mass is 10.2. The molecule has 0 bridgehead atoms. The minimum absolute atomic E-state index is 0.0463. The van der Waals surface area contributed by atoms with Crippen molar-refractivity contribution < 1.29 is 9.18 Å². The number of amides is 1. The highest BCUT2D eigenvalue weighted by Crippen LogP contribution is 2.03. The summed E-state index contributed by atoms with van der Waals surface area (Å²) < 4.78 is 15.1. The number of imidazole rings is 1. The third kappa shape index (κ3) is 2.91. The van der Waals surface area contributed by atoms with Crippen LogP contribution in [0.4, 0.5) is 4.39 Å². The largest absolute Gasteiger partial charge is 0.348 e. The van der Waals surface area contributed by atoms with Gasteiger partial charge in [0.2, 0.25) is 5.95 Å². The first-order valence-electron chi connectivity index (χ1n) is 5.54. The van der Waals surface area contributed by atoms with E-state index in [-0.39, 0.29) is 11.6 Å². The second-order valence-electron chi connectivity index (χ2n) is 3.98. The highest BCUT2D eigenvalue weighted by Gasteiger charge is 2.14. The van der Waals surface area contributed by atoms with Gasteiger partial charge in [-0.05, 0) is 19.1 Å². The van der Waals surface area contributed by atoms with Gasteiger partial charge in [-0.3, -0.25) is 4.79 Å². The van der Waals surface area contributed by atoms with Crippen molar-refractivity contribution in [3.05, 3.63) is 48.6 Å². The molecule has 0 fully saturated rings. The molecule has 2 aromatic rings. The Morgan fingerprint density at radius 1 is 1.56 bits per heavy atom. The van der Waals surface area contributed by atoms with Gasteiger partial charge >= 0.3 is 0 Å². The van der Waals surface area contributed by atoms with Crippen molar-refractivity contribution in [2.45, 2.75) is 19.5 Å². The maximum Gasteiger partial charge on any atom is 0.256 e. The predicted molar refractivity (Wildman–Crippen MR) is 63.4 cm³/mol. The van der Waals surface area contributed by atoms with Gasteiger partial charge in [0.15, 0.2) is 0 Å². The van der Waals surface area contributed by atoms with Gasteiger partial charge in [-0.2, -0.15) is 4.39 Å². The summed E-state index contributed by atoms with van der Waals surface area (Å²) in [7, 11) is 0. The Morgan fingerprint density at radius 2 is 2.39 bits per heavy atom. The van der Waals surface area contributed by atoms with E-state index in [9.17, 15) is 9.18 Å². The SMILES string of the molecule is CC(Cn1ccnc1)NC(=O)c1cccnc1F. The Labute approximate surface area is 104 Å². The summed E-state index contributed by atoms with van der Waals surface area (Å²) >= 11 is 0. The number of nitrogens with one attached hydrogen (secondary N) is 1. The monoisotopic (exact) mass is 248 g/mol. The Bertz CT molecular complexity index is 527. The third-order valence-corrected chi connectivity index (χ3v) is 2.43. The quantitative estimate of drug-likeness (QED) is 0.828. The number of carbonyl (C=O) groups excluding carboxylic acids is 1. The van der Waals surface area contributed by atoms with Crippen LogP contribution in [0.25, 0.3) is 0 Å². The number of hydrogen-bond acceptors (Lipinski definition) is 3. The number of aromatic nitrogens is 3. The summed E-state index contributed by atoms with van der Waals surface area (Å²) in [5.41, 5.74) is -0.0463. The van der Waals surface area contributed by atoms with Crippen molar-refractivity contribution in [3.8, 4) is 0 Å². The smallest absolute Gasteiger partial charge is 0.256 e. The molecular formula is C12H13FN4O. The standard InChI is InChI=1S/C12H13FN4O/c1-9(7-17-6-5-14-8-17)16-12(18)10-3-2-4-15-11(10)13/h2-6,8-9H,7H2,1H3,(H,16,18). The molecule has 18 heavy (non-hydrogen) atoms. The van der Waals surface area contributed by atoms with Crippen LogP contribution in [0, 0.1) is 5.95 Å². The zero-order chi connectivity index (χ0) is 13.0. The molecule has 0 radical (unpaired) electrons. The molecule has 2 aromatic heterocycles. The molecular weight excluding hydrogens is 235 g/mol. The van der Waals surface area contributed by atoms with Gasteiger partial charge in [0.05, 0.1) is 11.9 Å². The van der Waals surface area contributed by atoms with E-state index in [1.54, 1.807) is 18.7 Å². The van der Waals surface area contributed by atoms with Crippen molar-refractivity contribution in [2.75, 3.05) is 0 Å². The fourth-order valence-electron chi connectivity index (χ4n) is 1.61. The summed E-state index contributed by atoms with van der Waals surface area (Å²) in [5.74, 6) is -1.22. The van der Waals surface area contributed by atoms with Crippen molar-refractivity contribution in [1.82, 2.24) is 19.9 Å². The third-order valence-electron chi connectivity index (χ3n) is 2.43. The van der Waals surface area contributed by atoms with Crippen LogP contribution >= 0.6 is 0 Å². The van der Waals surface area contributed by atoms with E-state index in [4.69, 9.17) is 0 Å². The van der Waals surface area contributed by atoms with Crippen LogP contribution in [-0.4, -0.2) is 26.5 Å². The molecule has 6 heteroatoms. The molecule has 0 aliphatic rings. The van der Waals surface area contributed by atoms with Gasteiger partial charge < -0.3 is 9.88 Å². The second-order valence-corrected chi connectivity index (χ2v) is 3.98. The second kappa shape index (κ2) is 5.39. The van der Waals surface area contributed by atoms with Crippen LogP contribution in [0.3, 0.4) is 0 Å². The number of nitrogens with zero attached hydrogens (tertiary/aromatic N) is 3. The lowest BCUT2D eigenvalue weighted by molar-refractivity contribution is 0.0931. The van der Waals surface area contributed by atoms with Gasteiger partial charge in [0.25, 0.3) is 5.91 Å². The van der Waals surface area contributed by atoms with Crippen molar-refractivity contribution in [1.29, 1.82) is 0 Å². The van der Waals surface area contributed by atoms with E-state index in [0.29, 0.717) is 6.54 Å². The minimum atomic E-state index is -0.759. The van der Waals surface area contributed by atoms with Crippen molar-refractivity contribution >= 4 is 5.91 Å². The van der Waals surface area contributed by atoms with Gasteiger partial charge in [-0.1, -0.05) is 0 Å². The number of pyridine rings is 1. The Balaban J connectivity index is 1.97. The van der Waals surface area contributed by atoms with Gasteiger partial charge in [0.1, 0.15) is 0 Å². The van der Waals surface area contributed by atoms with E-state index in [0.717, 1.165) is 0 Å². The van der Waals surface area contributed by atoms with Crippen LogP contribution in [0.15, 0.2) is 37.1 Å². The van der Waals surface area contributed by atoms with E-state index < -0.39 is 11.9 Å². The molecule has 0 aliphatic heterocycles. The average Bonchev–Trinajstić information content (AvgIpc) is 2.82. The maximum absolute atomic E-state index is 13.3. The molecule has 94 valence electrons. The first kappa shape index (κ1) is 12.2. The van der Waals surface area contributed by atoms with E-state index in [1.165, 1.54) is 18.3 Å². The molecule has 0 aliphatic carbocycles. The topological polar surface area (TPSA) is 59.8 Å². The van der Waals surface area contributed by atoms with E-state index in [2.05, 4.69) is 15.3 Å². The van der Waals surface area contributed by atoms with E-state index >= 15 is 0 Å². The molecule has 0 aromatic carbocycles. The molecule has 1 amide bonds. The zero-order valence-electron chi connectivity index (χ0n) is 9.88. The number of carbonyl (C=O) groups is 1. The Kier molecular flexibility index (Phi) is 3.66. The summed E-state index contributed by atoms with van der Waals surface area (Å²) in [6.45, 7) is 2.42. The lowest BCUT2D eigenvalue weighted by Gasteiger charge is -2.14. The molecule has 1 atom stereocenters. The molecule has 5 nitrogen and oxygen atoms in total. The lowest BCUT2D eigenvalue weighted by Crippen LogP contribution is -2.36. The molecule has 2 heterocycles. The molecule has 1 unspecified atom stereocenters. The number of rotatable bonds is 4. The molecule has 0 spiro atoms. The Hall–Kier alpha value is -2.24. The summed E-state index contributed by atoms with van der Waals surface area (Å²) in [6, 6.07) is 2.80. The minimum Gasteiger partial charge on any atom is -0.348 e. The first-order chi connectivity index (χ1) is 8.66. The first-order valence-corrected chi connectivity index (χ1v) is 5.54. The Morgan fingerprint density at radius 3 is 3.06 bits per heavy atom. The van der Waals surface area contributed by atoms with Crippen LogP contribution in [0.5, 0.6) is 0 Å². The number of hydrogen-bond donors (Lipinski definition) is 1. The van der Waals surface area contributed by atoms with Crippen molar-refractivity contribution in [2.24, 2.45) is 0 Å². The highest BCUT2D eigenvalue weighted by molar-refractivity contribution is 5.94. The number of halogens is 1. The predicted octanol–water partition coefficient (Wildman–Crippen LogP) is 1.24. The van der Waals surface area contributed by atoms with Crippen LogP contribution in [-0.2, 0) is 6.54 Å². The maximum atomic E-state index is 13.3. The molecule has 0 saturated carbocycles. The van der Waals surface area contributed by atoms with Crippen LogP contribution in [0.2, 0.25) is 0 Å². The molecule has 2 rings (SSSR count). The average molecular weight is 248 g/mol. The van der Waals surface area contributed by atoms with Crippen LogP contribution in [0.1, 0.15) is 17.3 Å². The van der Waals surface area contributed by atoms with Gasteiger partial charge in [-0.25, -0.2) is 9.97 Å². The van der Waals surface area contributed by atoms with Gasteiger partial charge in [0, 0.05) is 31.2 Å². The summed E-state index contributed by atoms with van der Waals surface area (Å²) in [5, 5.41) is 2.71. The highest BCUT2D eigenvalue weighted by atomic mass is 19.1. The normalized spacial score (nSPS) is 12.1. The van der Waals surface area contributed by atoms with E-state index in [1.807, 2.05) is 11.5 Å². The zero-order valence-corrected chi connectivity index (χ0v) is 9.88.